The third-order valence-electron chi connectivity index (χ3n) is 6.55. The van der Waals surface area contributed by atoms with Crippen molar-refractivity contribution in [2.45, 2.75) is 43.7 Å². The molecule has 1 saturated carbocycles. The van der Waals surface area contributed by atoms with Crippen LogP contribution in [0, 0.1) is 17.1 Å². The van der Waals surface area contributed by atoms with Crippen LogP contribution in [0.15, 0.2) is 72.6 Å². The predicted octanol–water partition coefficient (Wildman–Crippen LogP) is 5.22. The van der Waals surface area contributed by atoms with Gasteiger partial charge < -0.3 is 15.4 Å². The summed E-state index contributed by atoms with van der Waals surface area (Å²) in [6.45, 7) is 0. The summed E-state index contributed by atoms with van der Waals surface area (Å²) in [5, 5.41) is 15.1. The van der Waals surface area contributed by atoms with Crippen LogP contribution >= 0.6 is 11.6 Å². The van der Waals surface area contributed by atoms with Gasteiger partial charge in [0.1, 0.15) is 17.7 Å². The van der Waals surface area contributed by atoms with E-state index in [0.29, 0.717) is 5.56 Å². The molecule has 2 aliphatic rings. The number of carbonyl (C=O) groups is 2. The minimum atomic E-state index is -2.90. The summed E-state index contributed by atoms with van der Waals surface area (Å²) >= 11 is 6.53. The van der Waals surface area contributed by atoms with Gasteiger partial charge in [-0.25, -0.2) is 18.2 Å². The van der Waals surface area contributed by atoms with Gasteiger partial charge in [0, 0.05) is 48.2 Å². The van der Waals surface area contributed by atoms with Crippen molar-refractivity contribution in [1.29, 1.82) is 5.26 Å². The van der Waals surface area contributed by atoms with Gasteiger partial charge in [0.2, 0.25) is 11.8 Å². The summed E-state index contributed by atoms with van der Waals surface area (Å²) < 4.78 is 47.4. The maximum Gasteiger partial charge on any atom is 0.312 e. The first-order chi connectivity index (χ1) is 19.6. The maximum absolute atomic E-state index is 14.5. The van der Waals surface area contributed by atoms with E-state index in [4.69, 9.17) is 16.3 Å². The normalized spacial score (nSPS) is 17.1. The molecule has 1 aliphatic heterocycles. The summed E-state index contributed by atoms with van der Waals surface area (Å²) in [6, 6.07) is 10.2. The molecular weight excluding hydrogens is 561 g/mol. The van der Waals surface area contributed by atoms with Gasteiger partial charge in [0.25, 0.3) is 5.92 Å². The third kappa shape index (κ3) is 6.25. The second kappa shape index (κ2) is 11.5. The molecule has 13 heteroatoms. The van der Waals surface area contributed by atoms with Gasteiger partial charge in [-0.05, 0) is 18.2 Å². The van der Waals surface area contributed by atoms with Gasteiger partial charge in [-0.1, -0.05) is 29.8 Å². The summed E-state index contributed by atoms with van der Waals surface area (Å²) in [5.74, 6) is -4.92. The zero-order valence-electron chi connectivity index (χ0n) is 21.3. The number of cyclic esters (lactones) is 1. The Kier molecular flexibility index (Phi) is 7.81. The van der Waals surface area contributed by atoms with Crippen LogP contribution in [-0.2, 0) is 14.3 Å². The van der Waals surface area contributed by atoms with Crippen molar-refractivity contribution in [3.05, 3.63) is 94.6 Å². The molecule has 1 aliphatic carbocycles. The summed E-state index contributed by atoms with van der Waals surface area (Å²) in [6.07, 6.45) is 2.64. The van der Waals surface area contributed by atoms with Crippen LogP contribution in [0.3, 0.4) is 0 Å². The summed E-state index contributed by atoms with van der Waals surface area (Å²) in [5.41, 5.74) is 0.859. The first-order valence-electron chi connectivity index (χ1n) is 12.5. The van der Waals surface area contributed by atoms with Crippen LogP contribution in [0.2, 0.25) is 5.02 Å². The van der Waals surface area contributed by atoms with Crippen LogP contribution in [0.5, 0.6) is 0 Å². The average Bonchev–Trinajstić information content (AvgIpc) is 2.92. The Balaban J connectivity index is 1.67. The average molecular weight is 583 g/mol. The van der Waals surface area contributed by atoms with E-state index < -0.39 is 48.5 Å². The monoisotopic (exact) mass is 582 g/mol. The highest BCUT2D eigenvalue weighted by Crippen LogP contribution is 2.41. The molecule has 1 fully saturated rings. The molecule has 5 rings (SSSR count). The number of hydrogen-bond donors (Lipinski definition) is 2. The standard InChI is InChI=1S/C28H22ClF3N6O3/c29-21-4-2-1-3-20(21)25(26(40)36-18-11-28(31,32)12-18)38(19-10-17(30)14-34-15-19)27-22(5-6-24(39)41-27)37-23-9-16(13-33)7-8-35-23/h1-4,7-10,14-15,18,25H,5-6,11-12H2,(H,35,37)(H,36,40). The second-order valence-electron chi connectivity index (χ2n) is 9.55. The van der Waals surface area contributed by atoms with Crippen molar-refractivity contribution in [2.75, 3.05) is 10.2 Å². The van der Waals surface area contributed by atoms with E-state index in [2.05, 4.69) is 20.6 Å². The Morgan fingerprint density at radius 2 is 1.98 bits per heavy atom. The van der Waals surface area contributed by atoms with Gasteiger partial charge in [0.15, 0.2) is 0 Å². The first-order valence-corrected chi connectivity index (χ1v) is 12.9. The molecule has 210 valence electrons. The van der Waals surface area contributed by atoms with Gasteiger partial charge in [-0.3, -0.25) is 19.5 Å². The summed E-state index contributed by atoms with van der Waals surface area (Å²) in [7, 11) is 0. The van der Waals surface area contributed by atoms with Gasteiger partial charge in [-0.15, -0.1) is 0 Å². The van der Waals surface area contributed by atoms with E-state index in [1.165, 1.54) is 35.5 Å². The fourth-order valence-corrected chi connectivity index (χ4v) is 4.88. The topological polar surface area (TPSA) is 120 Å². The van der Waals surface area contributed by atoms with Crippen molar-refractivity contribution in [3.8, 4) is 6.07 Å². The van der Waals surface area contributed by atoms with Crippen LogP contribution in [0.1, 0.15) is 42.9 Å². The molecule has 0 spiro atoms. The van der Waals surface area contributed by atoms with E-state index >= 15 is 0 Å². The number of amides is 1. The van der Waals surface area contributed by atoms with E-state index in [-0.39, 0.29) is 46.5 Å². The second-order valence-corrected chi connectivity index (χ2v) is 9.96. The number of pyridine rings is 2. The van der Waals surface area contributed by atoms with Crippen LogP contribution in [-0.4, -0.2) is 33.8 Å². The smallest absolute Gasteiger partial charge is 0.312 e. The molecule has 41 heavy (non-hydrogen) atoms. The van der Waals surface area contributed by atoms with Gasteiger partial charge in [-0.2, -0.15) is 5.26 Å². The molecule has 9 nitrogen and oxygen atoms in total. The fourth-order valence-electron chi connectivity index (χ4n) is 4.64. The zero-order valence-corrected chi connectivity index (χ0v) is 22.0. The molecule has 0 saturated heterocycles. The lowest BCUT2D eigenvalue weighted by molar-refractivity contribution is -0.141. The zero-order chi connectivity index (χ0) is 29.1. The number of rotatable bonds is 8. The Morgan fingerprint density at radius 1 is 1.20 bits per heavy atom. The lowest BCUT2D eigenvalue weighted by Crippen LogP contribution is -2.53. The number of allylic oxidation sites excluding steroid dienone is 1. The number of anilines is 2. The molecule has 1 atom stereocenters. The van der Waals surface area contributed by atoms with Crippen molar-refractivity contribution in [3.63, 3.8) is 0 Å². The number of ether oxygens (including phenoxy) is 1. The number of aromatic nitrogens is 2. The number of nitrogens with zero attached hydrogens (tertiary/aromatic N) is 4. The van der Waals surface area contributed by atoms with Crippen LogP contribution in [0.4, 0.5) is 24.7 Å². The third-order valence-corrected chi connectivity index (χ3v) is 6.89. The van der Waals surface area contributed by atoms with Crippen molar-refractivity contribution in [1.82, 2.24) is 15.3 Å². The number of hydrogen-bond acceptors (Lipinski definition) is 8. The molecule has 3 heterocycles. The predicted molar refractivity (Wildman–Crippen MR) is 142 cm³/mol. The molecule has 0 bridgehead atoms. The fraction of sp³-hybridized carbons (Fsp3) is 0.250. The highest BCUT2D eigenvalue weighted by Gasteiger charge is 2.47. The lowest BCUT2D eigenvalue weighted by atomic mass is 9.87. The molecule has 2 N–H and O–H groups in total. The van der Waals surface area contributed by atoms with Crippen molar-refractivity contribution < 1.29 is 27.5 Å². The SMILES string of the molecule is N#Cc1ccnc(NC2=C(N(c3cncc(F)c3)C(C(=O)NC3CC(F)(F)C3)c3ccccc3Cl)OC(=O)CC2)c1. The molecule has 1 amide bonds. The minimum Gasteiger partial charge on any atom is -0.407 e. The molecule has 1 unspecified atom stereocenters. The maximum atomic E-state index is 14.5. The highest BCUT2D eigenvalue weighted by molar-refractivity contribution is 6.31. The van der Waals surface area contributed by atoms with Crippen LogP contribution in [0.25, 0.3) is 0 Å². The molecule has 3 aromatic rings. The number of alkyl halides is 2. The minimum absolute atomic E-state index is 0.0201. The highest BCUT2D eigenvalue weighted by atomic mass is 35.5. The molecule has 2 aromatic heterocycles. The summed E-state index contributed by atoms with van der Waals surface area (Å²) in [4.78, 5) is 35.8. The Morgan fingerprint density at radius 3 is 2.68 bits per heavy atom. The quantitative estimate of drug-likeness (QED) is 0.347. The van der Waals surface area contributed by atoms with Crippen molar-refractivity contribution in [2.24, 2.45) is 0 Å². The molecular formula is C28H22ClF3N6O3. The number of nitriles is 1. The van der Waals surface area contributed by atoms with Crippen molar-refractivity contribution >= 4 is 35.0 Å². The number of esters is 1. The van der Waals surface area contributed by atoms with Gasteiger partial charge >= 0.3 is 5.97 Å². The Labute approximate surface area is 237 Å². The first kappa shape index (κ1) is 27.9. The Bertz CT molecular complexity index is 1570. The Hall–Kier alpha value is -4.63. The van der Waals surface area contributed by atoms with E-state index in [9.17, 15) is 28.0 Å². The number of halogens is 4. The van der Waals surface area contributed by atoms with Crippen LogP contribution < -0.4 is 15.5 Å². The number of nitrogens with one attached hydrogen (secondary N) is 2. The van der Waals surface area contributed by atoms with E-state index in [1.54, 1.807) is 18.2 Å². The van der Waals surface area contributed by atoms with E-state index in [1.807, 2.05) is 6.07 Å². The lowest BCUT2D eigenvalue weighted by Gasteiger charge is -2.39. The van der Waals surface area contributed by atoms with E-state index in [0.717, 1.165) is 12.3 Å². The number of benzene rings is 1. The largest absolute Gasteiger partial charge is 0.407 e. The molecule has 1 aromatic carbocycles. The van der Waals surface area contributed by atoms with Gasteiger partial charge in [0.05, 0.1) is 41.8 Å². The molecule has 0 radical (unpaired) electrons. The number of carbonyl (C=O) groups excluding carboxylic acids is 2.